The van der Waals surface area contributed by atoms with Gasteiger partial charge in [0.15, 0.2) is 17.7 Å². The third-order valence-corrected chi connectivity index (χ3v) is 5.42. The molecule has 0 unspecified atom stereocenters. The summed E-state index contributed by atoms with van der Waals surface area (Å²) in [6.45, 7) is 5.39. The van der Waals surface area contributed by atoms with E-state index < -0.39 is 17.0 Å². The zero-order valence-electron chi connectivity index (χ0n) is 15.6. The second-order valence-electron chi connectivity index (χ2n) is 6.11. The van der Waals surface area contributed by atoms with Crippen LogP contribution < -0.4 is 10.3 Å². The van der Waals surface area contributed by atoms with Crippen LogP contribution in [0.5, 0.6) is 5.75 Å². The van der Waals surface area contributed by atoms with Crippen molar-refractivity contribution in [2.24, 2.45) is 0 Å². The van der Waals surface area contributed by atoms with Crippen molar-refractivity contribution in [3.05, 3.63) is 60.5 Å². The van der Waals surface area contributed by atoms with Gasteiger partial charge in [0.25, 0.3) is 5.56 Å². The van der Waals surface area contributed by atoms with E-state index in [4.69, 9.17) is 4.74 Å². The zero-order valence-corrected chi connectivity index (χ0v) is 16.4. The number of hydrogen-bond donors (Lipinski definition) is 1. The molecule has 0 saturated carbocycles. The van der Waals surface area contributed by atoms with Crippen molar-refractivity contribution >= 4 is 33.2 Å². The maximum Gasteiger partial charge on any atom is 0.338 e. The van der Waals surface area contributed by atoms with Gasteiger partial charge in [0.05, 0.1) is 23.0 Å². The summed E-state index contributed by atoms with van der Waals surface area (Å²) in [5, 5.41) is 11.9. The molecule has 2 heterocycles. The van der Waals surface area contributed by atoms with Crippen molar-refractivity contribution < 1.29 is 19.2 Å². The highest BCUT2D eigenvalue weighted by atomic mass is 32.1. The minimum absolute atomic E-state index is 0.0340. The first kappa shape index (κ1) is 19.5. The fraction of sp³-hybridized carbons (Fsp3) is 0.278. The molecule has 0 radical (unpaired) electrons. The topological polar surface area (TPSA) is 124 Å². The molecule has 28 heavy (non-hydrogen) atoms. The number of nitro benzene ring substituents is 1. The van der Waals surface area contributed by atoms with Crippen LogP contribution in [-0.4, -0.2) is 28.0 Å². The number of aromatic amines is 1. The number of methoxy groups -OCH3 is 1. The highest BCUT2D eigenvalue weighted by Gasteiger charge is 2.23. The normalized spacial score (nSPS) is 12.0. The van der Waals surface area contributed by atoms with Crippen molar-refractivity contribution in [2.45, 2.75) is 26.9 Å². The highest BCUT2D eigenvalue weighted by Crippen LogP contribution is 2.32. The van der Waals surface area contributed by atoms with E-state index in [1.165, 1.54) is 30.6 Å². The summed E-state index contributed by atoms with van der Waals surface area (Å²) in [6, 6.07) is 3.77. The van der Waals surface area contributed by atoms with Gasteiger partial charge in [0, 0.05) is 10.9 Å². The number of ether oxygens (including phenoxy) is 2. The average Bonchev–Trinajstić information content (AvgIpc) is 2.95. The van der Waals surface area contributed by atoms with Gasteiger partial charge in [-0.1, -0.05) is 0 Å². The Bertz CT molecular complexity index is 1150. The molecule has 0 fully saturated rings. The molecule has 9 nitrogen and oxygen atoms in total. The second-order valence-corrected chi connectivity index (χ2v) is 7.31. The van der Waals surface area contributed by atoms with Crippen LogP contribution in [0, 0.1) is 24.0 Å². The second kappa shape index (κ2) is 7.39. The van der Waals surface area contributed by atoms with Gasteiger partial charge in [-0.2, -0.15) is 0 Å². The lowest BCUT2D eigenvalue weighted by molar-refractivity contribution is -0.386. The number of thiophene rings is 1. The Morgan fingerprint density at radius 2 is 2.07 bits per heavy atom. The van der Waals surface area contributed by atoms with Crippen LogP contribution in [0.1, 0.15) is 39.7 Å². The lowest BCUT2D eigenvalue weighted by atomic mass is 10.2. The minimum Gasteiger partial charge on any atom is -0.476 e. The van der Waals surface area contributed by atoms with Crippen LogP contribution in [0.3, 0.4) is 0 Å². The van der Waals surface area contributed by atoms with Crippen LogP contribution in [0.2, 0.25) is 0 Å². The quantitative estimate of drug-likeness (QED) is 0.393. The molecule has 0 amide bonds. The van der Waals surface area contributed by atoms with Crippen molar-refractivity contribution in [3.63, 3.8) is 0 Å². The number of benzene rings is 1. The maximum absolute atomic E-state index is 12.4. The third kappa shape index (κ3) is 3.46. The van der Waals surface area contributed by atoms with E-state index in [0.717, 1.165) is 16.5 Å². The summed E-state index contributed by atoms with van der Waals surface area (Å²) in [4.78, 5) is 43.4. The number of hydrogen-bond acceptors (Lipinski definition) is 8. The molecule has 0 aliphatic carbocycles. The standard InChI is InChI=1S/C18H17N3O6S/c1-8-10(3)28-17-14(8)16(22)19-15(20-17)9(2)27-13-6-5-11(18(23)26-4)7-12(13)21(24)25/h5-7,9H,1-4H3,(H,19,20,22)/t9-/m1/s1. The van der Waals surface area contributed by atoms with Crippen LogP contribution in [0.15, 0.2) is 23.0 Å². The van der Waals surface area contributed by atoms with Crippen LogP contribution in [0.4, 0.5) is 5.69 Å². The smallest absolute Gasteiger partial charge is 0.338 e. The molecule has 3 rings (SSSR count). The molecular formula is C18H17N3O6S. The fourth-order valence-corrected chi connectivity index (χ4v) is 3.75. The van der Waals surface area contributed by atoms with Crippen LogP contribution in [-0.2, 0) is 4.74 Å². The zero-order chi connectivity index (χ0) is 20.6. The number of nitrogens with one attached hydrogen (secondary N) is 1. The molecule has 0 aliphatic rings. The van der Waals surface area contributed by atoms with Gasteiger partial charge in [0.1, 0.15) is 4.83 Å². The first-order valence-electron chi connectivity index (χ1n) is 8.26. The van der Waals surface area contributed by atoms with E-state index in [1.807, 2.05) is 13.8 Å². The number of esters is 1. The van der Waals surface area contributed by atoms with Crippen molar-refractivity contribution in [3.8, 4) is 5.75 Å². The van der Waals surface area contributed by atoms with E-state index in [-0.39, 0.29) is 28.4 Å². The molecular weight excluding hydrogens is 386 g/mol. The SMILES string of the molecule is COC(=O)c1ccc(O[C@H](C)c2nc3sc(C)c(C)c3c(=O)[nH]2)c([N+](=O)[O-])c1. The van der Waals surface area contributed by atoms with Gasteiger partial charge in [-0.05, 0) is 38.5 Å². The van der Waals surface area contributed by atoms with E-state index in [0.29, 0.717) is 10.2 Å². The summed E-state index contributed by atoms with van der Waals surface area (Å²) in [6.07, 6.45) is -0.762. The first-order valence-corrected chi connectivity index (χ1v) is 9.08. The summed E-state index contributed by atoms with van der Waals surface area (Å²) >= 11 is 1.40. The van der Waals surface area contributed by atoms with Gasteiger partial charge in [-0.25, -0.2) is 9.78 Å². The lowest BCUT2D eigenvalue weighted by Gasteiger charge is -2.14. The Morgan fingerprint density at radius 1 is 1.36 bits per heavy atom. The lowest BCUT2D eigenvalue weighted by Crippen LogP contribution is -2.16. The van der Waals surface area contributed by atoms with Gasteiger partial charge >= 0.3 is 11.7 Å². The number of H-pyrrole nitrogens is 1. The molecule has 2 aromatic heterocycles. The van der Waals surface area contributed by atoms with Crippen LogP contribution in [0.25, 0.3) is 10.2 Å². The minimum atomic E-state index is -0.762. The van der Waals surface area contributed by atoms with E-state index in [1.54, 1.807) is 6.92 Å². The predicted molar refractivity (Wildman–Crippen MR) is 103 cm³/mol. The molecule has 0 spiro atoms. The van der Waals surface area contributed by atoms with Crippen molar-refractivity contribution in [1.82, 2.24) is 9.97 Å². The van der Waals surface area contributed by atoms with Crippen molar-refractivity contribution in [2.75, 3.05) is 7.11 Å². The summed E-state index contributed by atoms with van der Waals surface area (Å²) in [7, 11) is 1.19. The number of aromatic nitrogens is 2. The van der Waals surface area contributed by atoms with E-state index in [2.05, 4.69) is 14.7 Å². The molecule has 0 bridgehead atoms. The average molecular weight is 403 g/mol. The molecule has 3 aromatic rings. The van der Waals surface area contributed by atoms with Gasteiger partial charge in [-0.3, -0.25) is 14.9 Å². The number of rotatable bonds is 5. The number of nitro groups is 1. The number of aryl methyl sites for hydroxylation is 2. The third-order valence-electron chi connectivity index (χ3n) is 4.32. The summed E-state index contributed by atoms with van der Waals surface area (Å²) in [5.41, 5.74) is 0.239. The number of carbonyl (C=O) groups is 1. The molecule has 0 saturated heterocycles. The van der Waals surface area contributed by atoms with E-state index in [9.17, 15) is 19.7 Å². The van der Waals surface area contributed by atoms with E-state index >= 15 is 0 Å². The van der Waals surface area contributed by atoms with Gasteiger partial charge in [-0.15, -0.1) is 11.3 Å². The molecule has 146 valence electrons. The maximum atomic E-state index is 12.4. The molecule has 1 atom stereocenters. The van der Waals surface area contributed by atoms with Gasteiger partial charge < -0.3 is 14.5 Å². The first-order chi connectivity index (χ1) is 13.2. The van der Waals surface area contributed by atoms with Crippen LogP contribution >= 0.6 is 11.3 Å². The Hall–Kier alpha value is -3.27. The Balaban J connectivity index is 1.98. The van der Waals surface area contributed by atoms with Gasteiger partial charge in [0.2, 0.25) is 0 Å². The molecule has 10 heteroatoms. The number of nitrogens with zero attached hydrogens (tertiary/aromatic N) is 2. The number of fused-ring (bicyclic) bond motifs is 1. The monoisotopic (exact) mass is 403 g/mol. The van der Waals surface area contributed by atoms with Crippen molar-refractivity contribution in [1.29, 1.82) is 0 Å². The summed E-state index contributed by atoms with van der Waals surface area (Å²) in [5.74, 6) is -0.487. The molecule has 1 N–H and O–H groups in total. The Morgan fingerprint density at radius 3 is 2.71 bits per heavy atom. The Labute approximate surface area is 163 Å². The molecule has 0 aliphatic heterocycles. The number of carbonyl (C=O) groups excluding carboxylic acids is 1. The summed E-state index contributed by atoms with van der Waals surface area (Å²) < 4.78 is 10.3. The largest absolute Gasteiger partial charge is 0.476 e. The fourth-order valence-electron chi connectivity index (χ4n) is 2.71. The predicted octanol–water partition coefficient (Wildman–Crippen LogP) is 3.44. The Kier molecular flexibility index (Phi) is 5.14. The molecule has 1 aromatic carbocycles. The highest BCUT2D eigenvalue weighted by molar-refractivity contribution is 7.18.